The highest BCUT2D eigenvalue weighted by Crippen LogP contribution is 2.19. The second kappa shape index (κ2) is 7.60. The SMILES string of the molecule is CS(=O)(=O)N1CCCCC1C(=O)NCCOc1ccccc1. The molecule has 0 saturated carbocycles. The minimum atomic E-state index is -3.35. The number of piperidine rings is 1. The number of nitrogens with zero attached hydrogens (tertiary/aromatic N) is 1. The number of hydrogen-bond donors (Lipinski definition) is 1. The van der Waals surface area contributed by atoms with Gasteiger partial charge >= 0.3 is 0 Å². The number of para-hydroxylation sites is 1. The molecular weight excluding hydrogens is 304 g/mol. The van der Waals surface area contributed by atoms with Gasteiger partial charge in [0, 0.05) is 6.54 Å². The van der Waals surface area contributed by atoms with Gasteiger partial charge in [0.05, 0.1) is 12.8 Å². The van der Waals surface area contributed by atoms with E-state index in [9.17, 15) is 13.2 Å². The lowest BCUT2D eigenvalue weighted by Gasteiger charge is -2.32. The Morgan fingerprint density at radius 2 is 2.05 bits per heavy atom. The Balaban J connectivity index is 1.80. The van der Waals surface area contributed by atoms with Gasteiger partial charge in [-0.05, 0) is 25.0 Å². The minimum absolute atomic E-state index is 0.248. The molecule has 1 fully saturated rings. The summed E-state index contributed by atoms with van der Waals surface area (Å²) in [5.74, 6) is 0.494. The second-order valence-corrected chi connectivity index (χ2v) is 7.27. The van der Waals surface area contributed by atoms with Crippen LogP contribution >= 0.6 is 0 Å². The smallest absolute Gasteiger partial charge is 0.238 e. The van der Waals surface area contributed by atoms with Crippen LogP contribution in [-0.2, 0) is 14.8 Å². The van der Waals surface area contributed by atoms with E-state index in [1.165, 1.54) is 4.31 Å². The highest BCUT2D eigenvalue weighted by molar-refractivity contribution is 7.88. The van der Waals surface area contributed by atoms with Gasteiger partial charge in [-0.15, -0.1) is 0 Å². The van der Waals surface area contributed by atoms with Crippen molar-refractivity contribution in [3.05, 3.63) is 30.3 Å². The fraction of sp³-hybridized carbons (Fsp3) is 0.533. The van der Waals surface area contributed by atoms with Gasteiger partial charge < -0.3 is 10.1 Å². The van der Waals surface area contributed by atoms with Crippen LogP contribution in [0, 0.1) is 0 Å². The molecule has 1 aromatic rings. The van der Waals surface area contributed by atoms with Crippen LogP contribution < -0.4 is 10.1 Å². The van der Waals surface area contributed by atoms with Crippen LogP contribution in [0.5, 0.6) is 5.75 Å². The molecule has 6 nitrogen and oxygen atoms in total. The number of hydrogen-bond acceptors (Lipinski definition) is 4. The number of ether oxygens (including phenoxy) is 1. The third-order valence-corrected chi connectivity index (χ3v) is 4.88. The van der Waals surface area contributed by atoms with Crippen LogP contribution in [0.4, 0.5) is 0 Å². The van der Waals surface area contributed by atoms with Crippen molar-refractivity contribution in [1.29, 1.82) is 0 Å². The number of amides is 1. The van der Waals surface area contributed by atoms with Crippen LogP contribution in [0.3, 0.4) is 0 Å². The molecule has 1 N–H and O–H groups in total. The predicted molar refractivity (Wildman–Crippen MR) is 84.1 cm³/mol. The average molecular weight is 326 g/mol. The van der Waals surface area contributed by atoms with Crippen molar-refractivity contribution in [1.82, 2.24) is 9.62 Å². The Labute approximate surface area is 131 Å². The van der Waals surface area contributed by atoms with Gasteiger partial charge in [0.25, 0.3) is 0 Å². The summed E-state index contributed by atoms with van der Waals surface area (Å²) in [5.41, 5.74) is 0. The maximum atomic E-state index is 12.2. The molecule has 0 aromatic heterocycles. The molecule has 122 valence electrons. The maximum Gasteiger partial charge on any atom is 0.238 e. The van der Waals surface area contributed by atoms with Crippen molar-refractivity contribution in [3.8, 4) is 5.75 Å². The third-order valence-electron chi connectivity index (χ3n) is 3.60. The molecule has 1 aliphatic rings. The molecule has 1 atom stereocenters. The zero-order chi connectivity index (χ0) is 16.0. The van der Waals surface area contributed by atoms with Gasteiger partial charge in [-0.1, -0.05) is 24.6 Å². The first kappa shape index (κ1) is 16.8. The number of carbonyl (C=O) groups excluding carboxylic acids is 1. The number of benzene rings is 1. The predicted octanol–water partition coefficient (Wildman–Crippen LogP) is 0.996. The number of nitrogens with one attached hydrogen (secondary N) is 1. The average Bonchev–Trinajstić information content (AvgIpc) is 2.51. The fourth-order valence-corrected chi connectivity index (χ4v) is 3.67. The molecule has 1 heterocycles. The lowest BCUT2D eigenvalue weighted by Crippen LogP contribution is -2.52. The van der Waals surface area contributed by atoms with E-state index in [1.54, 1.807) is 0 Å². The van der Waals surface area contributed by atoms with Crippen LogP contribution in [0.25, 0.3) is 0 Å². The third kappa shape index (κ3) is 4.71. The van der Waals surface area contributed by atoms with Crippen molar-refractivity contribution >= 4 is 15.9 Å². The topological polar surface area (TPSA) is 75.7 Å². The number of carbonyl (C=O) groups is 1. The van der Waals surface area contributed by atoms with Crippen molar-refractivity contribution in [3.63, 3.8) is 0 Å². The molecule has 2 rings (SSSR count). The van der Waals surface area contributed by atoms with Crippen molar-refractivity contribution in [2.75, 3.05) is 26.0 Å². The second-order valence-electron chi connectivity index (χ2n) is 5.34. The Morgan fingerprint density at radius 1 is 1.32 bits per heavy atom. The molecule has 1 unspecified atom stereocenters. The lowest BCUT2D eigenvalue weighted by molar-refractivity contribution is -0.125. The molecule has 0 radical (unpaired) electrons. The summed E-state index contributed by atoms with van der Waals surface area (Å²) < 4.78 is 30.3. The summed E-state index contributed by atoms with van der Waals surface area (Å²) in [6.07, 6.45) is 3.38. The van der Waals surface area contributed by atoms with Gasteiger partial charge in [-0.25, -0.2) is 8.42 Å². The Hall–Kier alpha value is -1.60. The van der Waals surface area contributed by atoms with E-state index in [2.05, 4.69) is 5.32 Å². The number of rotatable bonds is 6. The first-order valence-electron chi connectivity index (χ1n) is 7.41. The summed E-state index contributed by atoms with van der Waals surface area (Å²) in [6, 6.07) is 8.74. The summed E-state index contributed by atoms with van der Waals surface area (Å²) in [6.45, 7) is 1.11. The zero-order valence-electron chi connectivity index (χ0n) is 12.7. The van der Waals surface area contributed by atoms with Gasteiger partial charge in [-0.2, -0.15) is 4.31 Å². The van der Waals surface area contributed by atoms with Crippen LogP contribution in [0.2, 0.25) is 0 Å². The summed E-state index contributed by atoms with van der Waals surface area (Å²) >= 11 is 0. The van der Waals surface area contributed by atoms with Gasteiger partial charge in [0.15, 0.2) is 0 Å². The molecule has 22 heavy (non-hydrogen) atoms. The first-order chi connectivity index (χ1) is 10.5. The summed E-state index contributed by atoms with van der Waals surface area (Å²) in [5, 5.41) is 2.75. The molecule has 1 aromatic carbocycles. The Morgan fingerprint density at radius 3 is 2.73 bits per heavy atom. The van der Waals surface area contributed by atoms with E-state index in [4.69, 9.17) is 4.74 Å². The maximum absolute atomic E-state index is 12.2. The van der Waals surface area contributed by atoms with Crippen molar-refractivity contribution < 1.29 is 17.9 Å². The van der Waals surface area contributed by atoms with E-state index >= 15 is 0 Å². The van der Waals surface area contributed by atoms with Crippen molar-refractivity contribution in [2.45, 2.75) is 25.3 Å². The molecule has 1 aliphatic heterocycles. The monoisotopic (exact) mass is 326 g/mol. The van der Waals surface area contributed by atoms with Crippen molar-refractivity contribution in [2.24, 2.45) is 0 Å². The highest BCUT2D eigenvalue weighted by Gasteiger charge is 2.34. The molecule has 0 bridgehead atoms. The fourth-order valence-electron chi connectivity index (χ4n) is 2.54. The van der Waals surface area contributed by atoms with Crippen LogP contribution in [0.15, 0.2) is 30.3 Å². The van der Waals surface area contributed by atoms with E-state index in [1.807, 2.05) is 30.3 Å². The normalized spacial score (nSPS) is 19.6. The molecule has 0 aliphatic carbocycles. The van der Waals surface area contributed by atoms with E-state index < -0.39 is 16.1 Å². The lowest BCUT2D eigenvalue weighted by atomic mass is 10.0. The quantitative estimate of drug-likeness (QED) is 0.791. The minimum Gasteiger partial charge on any atom is -0.492 e. The van der Waals surface area contributed by atoms with Crippen LogP contribution in [0.1, 0.15) is 19.3 Å². The zero-order valence-corrected chi connectivity index (χ0v) is 13.5. The molecule has 0 spiro atoms. The van der Waals surface area contributed by atoms with Gasteiger partial charge in [-0.3, -0.25) is 4.79 Å². The first-order valence-corrected chi connectivity index (χ1v) is 9.25. The molecule has 1 saturated heterocycles. The molecular formula is C15H22N2O4S. The Bertz CT molecular complexity index is 589. The van der Waals surface area contributed by atoms with E-state index in [0.717, 1.165) is 24.8 Å². The molecule has 7 heteroatoms. The van der Waals surface area contributed by atoms with E-state index in [0.29, 0.717) is 26.1 Å². The van der Waals surface area contributed by atoms with Gasteiger partial charge in [0.1, 0.15) is 18.4 Å². The van der Waals surface area contributed by atoms with Crippen LogP contribution in [-0.4, -0.2) is 50.6 Å². The molecule has 1 amide bonds. The number of sulfonamides is 1. The summed E-state index contributed by atoms with van der Waals surface area (Å²) in [4.78, 5) is 12.2. The standard InChI is InChI=1S/C15H22N2O4S/c1-22(19,20)17-11-6-5-9-14(17)15(18)16-10-12-21-13-7-3-2-4-8-13/h2-4,7-8,14H,5-6,9-12H2,1H3,(H,16,18). The Kier molecular flexibility index (Phi) is 5.79. The van der Waals surface area contributed by atoms with Gasteiger partial charge in [0.2, 0.25) is 15.9 Å². The highest BCUT2D eigenvalue weighted by atomic mass is 32.2. The summed E-state index contributed by atoms with van der Waals surface area (Å²) in [7, 11) is -3.35. The van der Waals surface area contributed by atoms with E-state index in [-0.39, 0.29) is 5.91 Å². The largest absolute Gasteiger partial charge is 0.492 e.